The van der Waals surface area contributed by atoms with Crippen molar-refractivity contribution >= 4 is 56.1 Å². The molecule has 4 amide bonds. The SMILES string of the molecule is C=CC(=O)N1CC(NC(=O)Cn2c(C)c(C(=O)NCCC(=O)Nc3ccccc3CC)c3cc(Br)ccc32)C1. The molecule has 2 aromatic carbocycles. The summed E-state index contributed by atoms with van der Waals surface area (Å²) in [5.41, 5.74) is 3.69. The summed E-state index contributed by atoms with van der Waals surface area (Å²) in [6.45, 7) is 8.40. The van der Waals surface area contributed by atoms with Crippen LogP contribution < -0.4 is 16.0 Å². The highest BCUT2D eigenvalue weighted by Crippen LogP contribution is 2.29. The highest BCUT2D eigenvalue weighted by molar-refractivity contribution is 9.10. The molecule has 0 saturated carbocycles. The van der Waals surface area contributed by atoms with Crippen molar-refractivity contribution in [2.75, 3.05) is 25.0 Å². The molecule has 10 heteroatoms. The van der Waals surface area contributed by atoms with Crippen molar-refractivity contribution in [1.82, 2.24) is 20.1 Å². The molecule has 4 rings (SSSR count). The van der Waals surface area contributed by atoms with Crippen LogP contribution in [0.25, 0.3) is 10.9 Å². The molecule has 39 heavy (non-hydrogen) atoms. The van der Waals surface area contributed by atoms with Crippen LogP contribution in [-0.4, -0.2) is 58.8 Å². The van der Waals surface area contributed by atoms with Crippen LogP contribution in [0.3, 0.4) is 0 Å². The molecule has 1 aliphatic rings. The van der Waals surface area contributed by atoms with E-state index in [-0.39, 0.29) is 49.2 Å². The Bertz CT molecular complexity index is 1440. The number of amides is 4. The van der Waals surface area contributed by atoms with Crippen LogP contribution in [0.15, 0.2) is 59.6 Å². The van der Waals surface area contributed by atoms with Gasteiger partial charge in [0.15, 0.2) is 0 Å². The Morgan fingerprint density at radius 1 is 1.10 bits per heavy atom. The first-order valence-corrected chi connectivity index (χ1v) is 13.7. The maximum Gasteiger partial charge on any atom is 0.253 e. The summed E-state index contributed by atoms with van der Waals surface area (Å²) in [7, 11) is 0. The number of aryl methyl sites for hydroxylation is 1. The second-order valence-corrected chi connectivity index (χ2v) is 10.4. The predicted molar refractivity (Wildman–Crippen MR) is 154 cm³/mol. The molecule has 3 aromatic rings. The minimum atomic E-state index is -0.311. The number of likely N-dealkylation sites (tertiary alicyclic amines) is 1. The summed E-state index contributed by atoms with van der Waals surface area (Å²) < 4.78 is 2.62. The standard InChI is InChI=1S/C29H32BrN5O4/c1-4-19-8-6-7-9-23(19)33-25(36)12-13-31-29(39)28-18(3)35(24-11-10-20(30)14-22(24)28)17-26(37)32-21-15-34(16-21)27(38)5-2/h5-11,14,21H,2,4,12-13,15-17H2,1,3H3,(H,31,39)(H,32,37)(H,33,36). The zero-order valence-corrected chi connectivity index (χ0v) is 23.6. The number of rotatable bonds is 10. The fraction of sp³-hybridized carbons (Fsp3) is 0.310. The maximum absolute atomic E-state index is 13.3. The summed E-state index contributed by atoms with van der Waals surface area (Å²) in [5, 5.41) is 9.43. The first-order valence-electron chi connectivity index (χ1n) is 12.9. The fourth-order valence-corrected chi connectivity index (χ4v) is 5.14. The fourth-order valence-electron chi connectivity index (χ4n) is 4.78. The first kappa shape index (κ1) is 28.1. The van der Waals surface area contributed by atoms with Crippen molar-refractivity contribution in [3.63, 3.8) is 0 Å². The number of hydrogen-bond donors (Lipinski definition) is 3. The number of anilines is 1. The Labute approximate surface area is 235 Å². The van der Waals surface area contributed by atoms with Crippen molar-refractivity contribution in [2.24, 2.45) is 0 Å². The lowest BCUT2D eigenvalue weighted by Gasteiger charge is -2.38. The number of nitrogens with zero attached hydrogens (tertiary/aromatic N) is 2. The van der Waals surface area contributed by atoms with Crippen LogP contribution in [0.2, 0.25) is 0 Å². The largest absolute Gasteiger partial charge is 0.351 e. The van der Waals surface area contributed by atoms with E-state index in [4.69, 9.17) is 0 Å². The number of nitrogens with one attached hydrogen (secondary N) is 3. The predicted octanol–water partition coefficient (Wildman–Crippen LogP) is 3.55. The van der Waals surface area contributed by atoms with Crippen LogP contribution in [0.5, 0.6) is 0 Å². The van der Waals surface area contributed by atoms with Gasteiger partial charge in [0, 0.05) is 52.8 Å². The molecule has 1 aromatic heterocycles. The van der Waals surface area contributed by atoms with Gasteiger partial charge in [0.2, 0.25) is 17.7 Å². The zero-order valence-electron chi connectivity index (χ0n) is 22.1. The van der Waals surface area contributed by atoms with Gasteiger partial charge in [0.05, 0.1) is 11.6 Å². The smallest absolute Gasteiger partial charge is 0.253 e. The van der Waals surface area contributed by atoms with E-state index in [2.05, 4.69) is 38.5 Å². The molecule has 2 heterocycles. The number of aromatic nitrogens is 1. The minimum Gasteiger partial charge on any atom is -0.351 e. The van der Waals surface area contributed by atoms with Crippen molar-refractivity contribution in [3.8, 4) is 0 Å². The lowest BCUT2D eigenvalue weighted by atomic mass is 10.1. The molecule has 0 spiro atoms. The number of carbonyl (C=O) groups excluding carboxylic acids is 4. The van der Waals surface area contributed by atoms with E-state index in [1.54, 1.807) is 11.8 Å². The van der Waals surface area contributed by atoms with Crippen molar-refractivity contribution in [2.45, 2.75) is 39.3 Å². The van der Waals surface area contributed by atoms with Gasteiger partial charge in [-0.05, 0) is 49.2 Å². The minimum absolute atomic E-state index is 0.0302. The zero-order chi connectivity index (χ0) is 28.1. The highest BCUT2D eigenvalue weighted by Gasteiger charge is 2.30. The Kier molecular flexibility index (Phi) is 8.86. The van der Waals surface area contributed by atoms with Gasteiger partial charge in [0.1, 0.15) is 6.54 Å². The maximum atomic E-state index is 13.3. The third kappa shape index (κ3) is 6.39. The van der Waals surface area contributed by atoms with Gasteiger partial charge >= 0.3 is 0 Å². The topological polar surface area (TPSA) is 113 Å². The van der Waals surface area contributed by atoms with E-state index >= 15 is 0 Å². The Morgan fingerprint density at radius 2 is 1.85 bits per heavy atom. The van der Waals surface area contributed by atoms with E-state index < -0.39 is 0 Å². The van der Waals surface area contributed by atoms with Crippen molar-refractivity contribution in [1.29, 1.82) is 0 Å². The van der Waals surface area contributed by atoms with Crippen molar-refractivity contribution in [3.05, 3.63) is 76.4 Å². The number of hydrogen-bond acceptors (Lipinski definition) is 4. The van der Waals surface area contributed by atoms with Gasteiger partial charge in [0.25, 0.3) is 5.91 Å². The molecule has 0 bridgehead atoms. The van der Waals surface area contributed by atoms with Crippen LogP contribution in [-0.2, 0) is 27.3 Å². The van der Waals surface area contributed by atoms with Crippen LogP contribution >= 0.6 is 15.9 Å². The summed E-state index contributed by atoms with van der Waals surface area (Å²) >= 11 is 3.48. The van der Waals surface area contributed by atoms with E-state index in [0.717, 1.165) is 27.7 Å². The van der Waals surface area contributed by atoms with Crippen LogP contribution in [0.4, 0.5) is 5.69 Å². The lowest BCUT2D eigenvalue weighted by molar-refractivity contribution is -0.133. The molecule has 3 N–H and O–H groups in total. The number of carbonyl (C=O) groups is 4. The summed E-state index contributed by atoms with van der Waals surface area (Å²) in [6, 6.07) is 13.1. The molecule has 0 atom stereocenters. The van der Waals surface area contributed by atoms with E-state index in [1.165, 1.54) is 6.08 Å². The Morgan fingerprint density at radius 3 is 2.56 bits per heavy atom. The van der Waals surface area contributed by atoms with Gasteiger partial charge in [-0.15, -0.1) is 0 Å². The average Bonchev–Trinajstić information content (AvgIpc) is 3.15. The van der Waals surface area contributed by atoms with Gasteiger partial charge in [-0.3, -0.25) is 19.2 Å². The van der Waals surface area contributed by atoms with Gasteiger partial charge in [-0.1, -0.05) is 47.6 Å². The second-order valence-electron chi connectivity index (χ2n) is 9.48. The average molecular weight is 595 g/mol. The summed E-state index contributed by atoms with van der Waals surface area (Å²) in [6.07, 6.45) is 2.19. The summed E-state index contributed by atoms with van der Waals surface area (Å²) in [4.78, 5) is 51.9. The monoisotopic (exact) mass is 593 g/mol. The number of para-hydroxylation sites is 1. The molecule has 0 radical (unpaired) electrons. The van der Waals surface area contributed by atoms with Gasteiger partial charge in [-0.25, -0.2) is 0 Å². The third-order valence-electron chi connectivity index (χ3n) is 6.86. The van der Waals surface area contributed by atoms with Gasteiger partial charge < -0.3 is 25.4 Å². The molecule has 1 fully saturated rings. The molecule has 1 saturated heterocycles. The van der Waals surface area contributed by atoms with Crippen LogP contribution in [0.1, 0.15) is 35.0 Å². The molecule has 9 nitrogen and oxygen atoms in total. The van der Waals surface area contributed by atoms with E-state index in [1.807, 2.05) is 54.0 Å². The third-order valence-corrected chi connectivity index (χ3v) is 7.35. The molecular weight excluding hydrogens is 562 g/mol. The highest BCUT2D eigenvalue weighted by atomic mass is 79.9. The Balaban J connectivity index is 1.41. The van der Waals surface area contributed by atoms with Crippen molar-refractivity contribution < 1.29 is 19.2 Å². The summed E-state index contributed by atoms with van der Waals surface area (Å²) in [5.74, 6) is -0.852. The lowest BCUT2D eigenvalue weighted by Crippen LogP contribution is -2.61. The van der Waals surface area contributed by atoms with Gasteiger partial charge in [-0.2, -0.15) is 0 Å². The number of fused-ring (bicyclic) bond motifs is 1. The van der Waals surface area contributed by atoms with E-state index in [0.29, 0.717) is 29.7 Å². The second kappa shape index (κ2) is 12.3. The number of benzene rings is 2. The van der Waals surface area contributed by atoms with Crippen LogP contribution in [0, 0.1) is 6.92 Å². The van der Waals surface area contributed by atoms with E-state index in [9.17, 15) is 19.2 Å². The molecule has 1 aliphatic heterocycles. The molecule has 204 valence electrons. The Hall–Kier alpha value is -3.92. The first-order chi connectivity index (χ1) is 18.7. The molecular formula is C29H32BrN5O4. The molecule has 0 aliphatic carbocycles. The normalized spacial score (nSPS) is 13.1. The molecule has 0 unspecified atom stereocenters. The quantitative estimate of drug-likeness (QED) is 0.312. The number of halogens is 1.